The van der Waals surface area contributed by atoms with Gasteiger partial charge in [0.25, 0.3) is 0 Å². The molecule has 0 bridgehead atoms. The van der Waals surface area contributed by atoms with Crippen LogP contribution in [-0.2, 0) is 12.3 Å². The molecular formula is C26H74O4Si4. The van der Waals surface area contributed by atoms with E-state index in [0.717, 1.165) is 12.5 Å². The highest BCUT2D eigenvalue weighted by Crippen LogP contribution is 2.28. The van der Waals surface area contributed by atoms with Gasteiger partial charge >= 0.3 is 17.1 Å². The molecule has 0 aromatic rings. The summed E-state index contributed by atoms with van der Waals surface area (Å²) >= 11 is 0. The quantitative estimate of drug-likeness (QED) is 0.141. The van der Waals surface area contributed by atoms with Crippen LogP contribution in [0.15, 0.2) is 0 Å². The highest BCUT2D eigenvalue weighted by molar-refractivity contribution is 6.89. The lowest BCUT2D eigenvalue weighted by molar-refractivity contribution is 0.282. The van der Waals surface area contributed by atoms with E-state index in [9.17, 15) is 0 Å². The summed E-state index contributed by atoms with van der Waals surface area (Å²) in [4.78, 5) is 0. The van der Waals surface area contributed by atoms with Gasteiger partial charge in [-0.25, -0.2) is 0 Å². The van der Waals surface area contributed by atoms with Gasteiger partial charge in [0.2, 0.25) is 0 Å². The minimum absolute atomic E-state index is 0. The van der Waals surface area contributed by atoms with Gasteiger partial charge < -0.3 is 17.5 Å². The van der Waals surface area contributed by atoms with Crippen molar-refractivity contribution in [3.05, 3.63) is 0 Å². The number of aliphatic hydroxyl groups is 1. The van der Waals surface area contributed by atoms with E-state index >= 15 is 0 Å². The van der Waals surface area contributed by atoms with E-state index in [1.807, 2.05) is 0 Å². The first-order valence-electron chi connectivity index (χ1n) is 11.4. The first-order chi connectivity index (χ1) is 12.7. The highest BCUT2D eigenvalue weighted by Gasteiger charge is 2.43. The Morgan fingerprint density at radius 3 is 1.09 bits per heavy atom. The van der Waals surface area contributed by atoms with Gasteiger partial charge in [-0.05, 0) is 71.4 Å². The third-order valence-corrected chi connectivity index (χ3v) is 17.9. The van der Waals surface area contributed by atoms with Crippen LogP contribution < -0.4 is 0 Å². The number of hydrogen-bond acceptors (Lipinski definition) is 4. The van der Waals surface area contributed by atoms with Gasteiger partial charge in [-0.3, -0.25) is 0 Å². The average molecular weight is 563 g/mol. The maximum absolute atomic E-state index is 8.81. The fourth-order valence-corrected chi connectivity index (χ4v) is 21.9. The van der Waals surface area contributed by atoms with Crippen molar-refractivity contribution in [3.8, 4) is 0 Å². The average Bonchev–Trinajstić information content (AvgIpc) is 2.43. The zero-order chi connectivity index (χ0) is 21.9. The second kappa shape index (κ2) is 24.1. The first-order valence-corrected chi connectivity index (χ1v) is 23.6. The Morgan fingerprint density at radius 2 is 0.765 bits per heavy atom. The van der Waals surface area contributed by atoms with Crippen molar-refractivity contribution < 1.29 is 17.5 Å². The third kappa shape index (κ3) is 32.7. The van der Waals surface area contributed by atoms with E-state index in [1.54, 1.807) is 0 Å². The second-order valence-electron chi connectivity index (χ2n) is 10.7. The molecule has 0 rings (SSSR count). The Balaban J connectivity index is -0.000000243. The minimum Gasteiger partial charge on any atom is -0.437 e. The van der Waals surface area contributed by atoms with E-state index < -0.39 is 33.8 Å². The first kappa shape index (κ1) is 51.4. The lowest BCUT2D eigenvalue weighted by Crippen LogP contribution is -2.56. The van der Waals surface area contributed by atoms with Crippen molar-refractivity contribution in [1.82, 2.24) is 0 Å². The molecule has 0 radical (unpaired) electrons. The molecule has 0 aromatic heterocycles. The number of aliphatic hydroxyl groups excluding tert-OH is 1. The summed E-state index contributed by atoms with van der Waals surface area (Å²) in [7, 11) is -7.65. The molecular weight excluding hydrogens is 489 g/mol. The summed E-state index contributed by atoms with van der Waals surface area (Å²) in [5.74, 6) is 0. The molecule has 0 aliphatic heterocycles. The summed E-state index contributed by atoms with van der Waals surface area (Å²) < 4.78 is 19.9. The van der Waals surface area contributed by atoms with Crippen LogP contribution in [0.2, 0.25) is 65.0 Å². The van der Waals surface area contributed by atoms with E-state index in [1.165, 1.54) is 51.4 Å². The monoisotopic (exact) mass is 562 g/mol. The Morgan fingerprint density at radius 1 is 0.441 bits per heavy atom. The van der Waals surface area contributed by atoms with Crippen LogP contribution in [0.5, 0.6) is 0 Å². The summed E-state index contributed by atoms with van der Waals surface area (Å²) in [6, 6.07) is 1.08. The summed E-state index contributed by atoms with van der Waals surface area (Å²) in [6.45, 7) is 20.5. The molecule has 0 amide bonds. The molecule has 1 atom stereocenters. The van der Waals surface area contributed by atoms with Crippen LogP contribution in [-0.4, -0.2) is 45.5 Å². The van der Waals surface area contributed by atoms with Crippen LogP contribution >= 0.6 is 0 Å². The molecule has 1 N–H and O–H groups in total. The number of rotatable bonds is 17. The largest absolute Gasteiger partial charge is 0.437 e. The molecule has 0 aliphatic rings. The van der Waals surface area contributed by atoms with Crippen molar-refractivity contribution in [2.45, 2.75) is 167 Å². The smallest absolute Gasteiger partial charge is 0.315 e. The molecule has 0 saturated carbocycles. The van der Waals surface area contributed by atoms with Crippen LogP contribution in [0.3, 0.4) is 0 Å². The topological polar surface area (TPSA) is 47.9 Å². The Hall–Kier alpha value is 0.708. The van der Waals surface area contributed by atoms with Crippen molar-refractivity contribution >= 4 is 33.8 Å². The fraction of sp³-hybridized carbons (Fsp3) is 1.00. The molecule has 8 heteroatoms. The molecule has 0 spiro atoms. The molecule has 1 unspecified atom stereocenters. The second-order valence-corrected chi connectivity index (χ2v) is 27.2. The van der Waals surface area contributed by atoms with Crippen LogP contribution in [0.4, 0.5) is 0 Å². The summed E-state index contributed by atoms with van der Waals surface area (Å²) in [5, 5.41) is 8.81. The molecule has 34 heavy (non-hydrogen) atoms. The Bertz CT molecular complexity index is 411. The SMILES string of the molecule is C.C.C.C.C.C.C[Si](C)(C)O[Si](C)(C)O[Si](C)(CCCCCCCCCCCO)O[Si](C)(C)C. The van der Waals surface area contributed by atoms with E-state index in [4.69, 9.17) is 17.5 Å². The predicted octanol–water partition coefficient (Wildman–Crippen LogP) is 10.8. The van der Waals surface area contributed by atoms with Crippen LogP contribution in [0, 0.1) is 0 Å². The third-order valence-electron chi connectivity index (χ3n) is 4.32. The van der Waals surface area contributed by atoms with Crippen LogP contribution in [0.25, 0.3) is 0 Å². The molecule has 0 fully saturated rings. The van der Waals surface area contributed by atoms with Crippen LogP contribution in [0.1, 0.15) is 102 Å². The molecule has 0 heterocycles. The lowest BCUT2D eigenvalue weighted by Gasteiger charge is -2.41. The maximum Gasteiger partial charge on any atom is 0.315 e. The van der Waals surface area contributed by atoms with Gasteiger partial charge in [-0.2, -0.15) is 0 Å². The van der Waals surface area contributed by atoms with Crippen molar-refractivity contribution in [2.24, 2.45) is 0 Å². The molecule has 0 aromatic carbocycles. The van der Waals surface area contributed by atoms with E-state index in [0.29, 0.717) is 6.61 Å². The van der Waals surface area contributed by atoms with E-state index in [2.05, 4.69) is 58.9 Å². The van der Waals surface area contributed by atoms with Gasteiger partial charge in [-0.15, -0.1) is 0 Å². The summed E-state index contributed by atoms with van der Waals surface area (Å²) in [6.07, 6.45) is 11.1. The maximum atomic E-state index is 8.81. The van der Waals surface area contributed by atoms with Gasteiger partial charge in [0.05, 0.1) is 0 Å². The Kier molecular flexibility index (Phi) is 36.4. The number of unbranched alkanes of at least 4 members (excludes halogenated alkanes) is 8. The van der Waals surface area contributed by atoms with Gasteiger partial charge in [0.15, 0.2) is 16.6 Å². The zero-order valence-corrected chi connectivity index (χ0v) is 24.5. The fourth-order valence-electron chi connectivity index (χ4n) is 3.84. The van der Waals surface area contributed by atoms with Crippen molar-refractivity contribution in [3.63, 3.8) is 0 Å². The predicted molar refractivity (Wildman–Crippen MR) is 173 cm³/mol. The van der Waals surface area contributed by atoms with E-state index in [-0.39, 0.29) is 44.6 Å². The molecule has 0 saturated heterocycles. The molecule has 218 valence electrons. The lowest BCUT2D eigenvalue weighted by atomic mass is 10.1. The minimum atomic E-state index is -2.21. The number of hydrogen-bond donors (Lipinski definition) is 1. The zero-order valence-electron chi connectivity index (χ0n) is 20.5. The van der Waals surface area contributed by atoms with Gasteiger partial charge in [0.1, 0.15) is 0 Å². The normalized spacial score (nSPS) is 12.9. The van der Waals surface area contributed by atoms with Gasteiger partial charge in [0, 0.05) is 6.61 Å². The van der Waals surface area contributed by atoms with Gasteiger partial charge in [-0.1, -0.05) is 95.9 Å². The standard InChI is InChI=1S/C20H50O4Si4.6CH4/c1-25(2,3)22-27(7,8)24-28(9,23-26(4,5)6)20-18-16-14-12-10-11-13-15-17-19-21;;;;;;/h21H,10-20H2,1-9H3;6*1H4. The molecule has 0 aliphatic carbocycles. The summed E-state index contributed by atoms with van der Waals surface area (Å²) in [5.41, 5.74) is 0. The molecule has 4 nitrogen and oxygen atoms in total. The van der Waals surface area contributed by atoms with Crippen molar-refractivity contribution in [2.75, 3.05) is 6.61 Å². The highest BCUT2D eigenvalue weighted by atomic mass is 28.5. The van der Waals surface area contributed by atoms with Crippen molar-refractivity contribution in [1.29, 1.82) is 0 Å². The Labute approximate surface area is 224 Å².